The lowest BCUT2D eigenvalue weighted by molar-refractivity contribution is -0.263. The summed E-state index contributed by atoms with van der Waals surface area (Å²) >= 11 is 0. The molecule has 3 N–H and O–H groups in total. The van der Waals surface area contributed by atoms with Crippen LogP contribution in [0.25, 0.3) is 0 Å². The summed E-state index contributed by atoms with van der Waals surface area (Å²) in [4.78, 5) is 11.8. The van der Waals surface area contributed by atoms with Gasteiger partial charge < -0.3 is 29.5 Å². The third-order valence-corrected chi connectivity index (χ3v) is 3.36. The summed E-state index contributed by atoms with van der Waals surface area (Å²) in [6.07, 6.45) is -4.04. The number of methoxy groups -OCH3 is 1. The van der Waals surface area contributed by atoms with Gasteiger partial charge in [-0.15, -0.1) is 0 Å². The Bertz CT molecular complexity index is 497. The number of aliphatic hydroxyl groups excluding tert-OH is 3. The summed E-state index contributed by atoms with van der Waals surface area (Å²) in [5, 5.41) is 29.1. The van der Waals surface area contributed by atoms with Gasteiger partial charge in [0.1, 0.15) is 31.5 Å². The molecule has 0 radical (unpaired) electrons. The normalized spacial score (nSPS) is 32.7. The number of esters is 1. The van der Waals surface area contributed by atoms with E-state index in [2.05, 4.69) is 0 Å². The second-order valence-corrected chi connectivity index (χ2v) is 4.67. The largest absolute Gasteiger partial charge is 0.459 e. The van der Waals surface area contributed by atoms with Crippen LogP contribution in [-0.4, -0.2) is 65.7 Å². The van der Waals surface area contributed by atoms with E-state index in [1.165, 1.54) is 0 Å². The SMILES string of the molecule is [2H]COC1(CO)O[C@H](COC(=O)c2ccccc2)[C@@H](O)[C@H]1O. The molecule has 7 heteroatoms. The van der Waals surface area contributed by atoms with Crippen LogP contribution < -0.4 is 0 Å². The second-order valence-electron chi connectivity index (χ2n) is 4.67. The Hall–Kier alpha value is -1.51. The molecule has 1 fully saturated rings. The number of aliphatic hydroxyl groups is 3. The fourth-order valence-electron chi connectivity index (χ4n) is 2.10. The first-order valence-electron chi connectivity index (χ1n) is 7.05. The molecule has 0 amide bonds. The molecule has 21 heavy (non-hydrogen) atoms. The highest BCUT2D eigenvalue weighted by Gasteiger charge is 2.54. The molecule has 0 spiro atoms. The van der Waals surface area contributed by atoms with Crippen LogP contribution in [0.3, 0.4) is 0 Å². The summed E-state index contributed by atoms with van der Waals surface area (Å²) in [6.45, 7) is -1.07. The molecule has 1 unspecified atom stereocenters. The molecule has 0 aliphatic carbocycles. The van der Waals surface area contributed by atoms with Gasteiger partial charge in [0, 0.05) is 7.09 Å². The number of hydrogen-bond donors (Lipinski definition) is 3. The van der Waals surface area contributed by atoms with E-state index in [0.29, 0.717) is 5.56 Å². The van der Waals surface area contributed by atoms with Crippen LogP contribution in [0, 0.1) is 0 Å². The first-order valence-corrected chi connectivity index (χ1v) is 6.34. The lowest BCUT2D eigenvalue weighted by Gasteiger charge is -2.27. The van der Waals surface area contributed by atoms with Crippen LogP contribution in [0.5, 0.6) is 0 Å². The lowest BCUT2D eigenvalue weighted by atomic mass is 10.1. The van der Waals surface area contributed by atoms with Crippen molar-refractivity contribution in [2.24, 2.45) is 0 Å². The molecule has 0 bridgehead atoms. The monoisotopic (exact) mass is 299 g/mol. The maximum Gasteiger partial charge on any atom is 0.338 e. The third kappa shape index (κ3) is 3.07. The molecule has 116 valence electrons. The quantitative estimate of drug-likeness (QED) is 0.617. The predicted octanol–water partition coefficient (Wildman–Crippen LogP) is -0.701. The summed E-state index contributed by atoms with van der Waals surface area (Å²) in [7, 11) is -0.569. The molecular formula is C14H18O7. The third-order valence-electron chi connectivity index (χ3n) is 3.36. The lowest BCUT2D eigenvalue weighted by Crippen LogP contribution is -2.47. The van der Waals surface area contributed by atoms with Crippen LogP contribution in [0.15, 0.2) is 30.3 Å². The topological polar surface area (TPSA) is 105 Å². The molecule has 1 aliphatic heterocycles. The summed E-state index contributed by atoms with van der Waals surface area (Å²) < 4.78 is 22.2. The molecule has 0 aromatic heterocycles. The molecule has 7 nitrogen and oxygen atoms in total. The highest BCUT2D eigenvalue weighted by molar-refractivity contribution is 5.89. The minimum Gasteiger partial charge on any atom is -0.459 e. The minimum absolute atomic E-state index is 0.324. The number of ether oxygens (including phenoxy) is 3. The second kappa shape index (κ2) is 6.50. The van der Waals surface area contributed by atoms with Crippen LogP contribution in [0.2, 0.25) is 0 Å². The Balaban J connectivity index is 1.97. The van der Waals surface area contributed by atoms with E-state index >= 15 is 0 Å². The summed E-state index contributed by atoms with van der Waals surface area (Å²) in [5.41, 5.74) is 0.339. The van der Waals surface area contributed by atoms with Crippen LogP contribution in [0.4, 0.5) is 0 Å². The van der Waals surface area contributed by atoms with Gasteiger partial charge >= 0.3 is 5.97 Å². The molecule has 1 aromatic carbocycles. The van der Waals surface area contributed by atoms with Crippen LogP contribution >= 0.6 is 0 Å². The van der Waals surface area contributed by atoms with Gasteiger partial charge in [-0.1, -0.05) is 18.2 Å². The average molecular weight is 299 g/mol. The average Bonchev–Trinajstić information content (AvgIpc) is 2.79. The molecule has 2 rings (SSSR count). The Morgan fingerprint density at radius 2 is 2.14 bits per heavy atom. The maximum atomic E-state index is 11.8. The van der Waals surface area contributed by atoms with Gasteiger partial charge in [0.05, 0.1) is 6.93 Å². The van der Waals surface area contributed by atoms with Gasteiger partial charge in [0.15, 0.2) is 0 Å². The molecule has 1 heterocycles. The first kappa shape index (κ1) is 14.4. The molecule has 1 saturated heterocycles. The Kier molecular flexibility index (Phi) is 4.47. The van der Waals surface area contributed by atoms with E-state index in [4.69, 9.17) is 15.6 Å². The number of hydrogen-bond acceptors (Lipinski definition) is 7. The molecule has 0 saturated carbocycles. The minimum atomic E-state index is -1.88. The Morgan fingerprint density at radius 1 is 1.43 bits per heavy atom. The van der Waals surface area contributed by atoms with Crippen molar-refractivity contribution in [3.05, 3.63) is 35.9 Å². The van der Waals surface area contributed by atoms with Crippen molar-refractivity contribution in [1.29, 1.82) is 0 Å². The van der Waals surface area contributed by atoms with Crippen molar-refractivity contribution in [3.8, 4) is 0 Å². The van der Waals surface area contributed by atoms with E-state index in [9.17, 15) is 20.1 Å². The highest BCUT2D eigenvalue weighted by Crippen LogP contribution is 2.32. The van der Waals surface area contributed by atoms with Gasteiger partial charge in [-0.25, -0.2) is 4.79 Å². The number of rotatable bonds is 5. The van der Waals surface area contributed by atoms with E-state index in [-0.39, 0.29) is 6.61 Å². The van der Waals surface area contributed by atoms with Crippen LogP contribution in [-0.2, 0) is 14.2 Å². The van der Waals surface area contributed by atoms with Crippen molar-refractivity contribution in [3.63, 3.8) is 0 Å². The Morgan fingerprint density at radius 3 is 2.76 bits per heavy atom. The maximum absolute atomic E-state index is 11.8. The van der Waals surface area contributed by atoms with Gasteiger partial charge in [0.25, 0.3) is 0 Å². The van der Waals surface area contributed by atoms with Gasteiger partial charge in [-0.2, -0.15) is 0 Å². The standard InChI is InChI=1S/C14H18O7/c1-19-14(8-15)12(17)11(16)10(21-14)7-20-13(18)9-5-3-2-4-6-9/h2-6,10-12,15-17H,7-8H2,1H3/t10-,11-,12-,14?/m1/s1/i1D. The van der Waals surface area contributed by atoms with E-state index in [1.807, 2.05) is 0 Å². The van der Waals surface area contributed by atoms with E-state index in [1.54, 1.807) is 30.3 Å². The van der Waals surface area contributed by atoms with E-state index in [0.717, 1.165) is 0 Å². The fourth-order valence-corrected chi connectivity index (χ4v) is 2.10. The Labute approximate surface area is 123 Å². The molecule has 4 atom stereocenters. The van der Waals surface area contributed by atoms with E-state index < -0.39 is 43.8 Å². The van der Waals surface area contributed by atoms with Crippen molar-refractivity contribution in [2.45, 2.75) is 24.1 Å². The predicted molar refractivity (Wildman–Crippen MR) is 70.4 cm³/mol. The fraction of sp³-hybridized carbons (Fsp3) is 0.500. The molecule has 1 aromatic rings. The number of carbonyl (C=O) groups is 1. The summed E-state index contributed by atoms with van der Waals surface area (Å²) in [5.74, 6) is -2.49. The number of benzene rings is 1. The van der Waals surface area contributed by atoms with Gasteiger partial charge in [-0.3, -0.25) is 0 Å². The smallest absolute Gasteiger partial charge is 0.338 e. The van der Waals surface area contributed by atoms with Gasteiger partial charge in [0.2, 0.25) is 5.79 Å². The van der Waals surface area contributed by atoms with Crippen LogP contribution in [0.1, 0.15) is 11.7 Å². The van der Waals surface area contributed by atoms with Gasteiger partial charge in [-0.05, 0) is 12.1 Å². The summed E-state index contributed by atoms with van der Waals surface area (Å²) in [6, 6.07) is 8.26. The first-order chi connectivity index (χ1) is 10.5. The van der Waals surface area contributed by atoms with Crippen molar-refractivity contribution >= 4 is 5.97 Å². The van der Waals surface area contributed by atoms with Crippen molar-refractivity contribution in [1.82, 2.24) is 0 Å². The number of carbonyl (C=O) groups excluding carboxylic acids is 1. The van der Waals surface area contributed by atoms with Crippen molar-refractivity contribution < 1.29 is 35.7 Å². The zero-order valence-corrected chi connectivity index (χ0v) is 11.2. The highest BCUT2D eigenvalue weighted by atomic mass is 16.7. The molecule has 1 aliphatic rings. The zero-order chi connectivity index (χ0) is 16.2. The van der Waals surface area contributed by atoms with Crippen molar-refractivity contribution in [2.75, 3.05) is 20.3 Å². The molecular weight excluding hydrogens is 280 g/mol. The zero-order valence-electron chi connectivity index (χ0n) is 12.2.